The maximum Gasteiger partial charge on any atom is 0.422 e. The highest BCUT2D eigenvalue weighted by atomic mass is 19.4. The first-order chi connectivity index (χ1) is 18.5. The van der Waals surface area contributed by atoms with Crippen molar-refractivity contribution in [3.63, 3.8) is 0 Å². The number of halogens is 6. The minimum atomic E-state index is -4.98. The largest absolute Gasteiger partial charge is 0.454 e. The smallest absolute Gasteiger partial charge is 0.422 e. The number of hydrogen-bond donors (Lipinski definition) is 2. The Hall–Kier alpha value is -3.78. The molecule has 0 aliphatic carbocycles. The van der Waals surface area contributed by atoms with Crippen molar-refractivity contribution in [3.8, 4) is 11.5 Å². The van der Waals surface area contributed by atoms with Gasteiger partial charge in [0.2, 0.25) is 0 Å². The van der Waals surface area contributed by atoms with Crippen LogP contribution >= 0.6 is 0 Å². The average molecular weight is 557 g/mol. The number of benzene rings is 2. The average Bonchev–Trinajstić information content (AvgIpc) is 3.33. The SMILES string of the molecule is CN1CCN(c2c(NC(=O)c3ccn(CC(F)F)n3)ccc(Oc3ccccc3F)c2C(F)(F)F)C[C@H]1CN. The highest BCUT2D eigenvalue weighted by molar-refractivity contribution is 6.05. The van der Waals surface area contributed by atoms with Crippen molar-refractivity contribution in [1.82, 2.24) is 14.7 Å². The van der Waals surface area contributed by atoms with E-state index in [-0.39, 0.29) is 42.7 Å². The molecule has 1 aliphatic rings. The molecule has 1 amide bonds. The Morgan fingerprint density at radius 1 is 1.15 bits per heavy atom. The van der Waals surface area contributed by atoms with Crippen LogP contribution in [-0.2, 0) is 12.7 Å². The number of carbonyl (C=O) groups excluding carboxylic acids is 1. The van der Waals surface area contributed by atoms with E-state index in [1.165, 1.54) is 41.4 Å². The Morgan fingerprint density at radius 2 is 1.90 bits per heavy atom. The minimum Gasteiger partial charge on any atom is -0.454 e. The molecule has 210 valence electrons. The number of hydrogen-bond acceptors (Lipinski definition) is 6. The van der Waals surface area contributed by atoms with E-state index in [0.717, 1.165) is 16.8 Å². The number of anilines is 2. The summed E-state index contributed by atoms with van der Waals surface area (Å²) in [5, 5.41) is 6.21. The molecular weight excluding hydrogens is 530 g/mol. The zero-order chi connectivity index (χ0) is 28.3. The van der Waals surface area contributed by atoms with Gasteiger partial charge in [0.05, 0.1) is 11.4 Å². The Kier molecular flexibility index (Phi) is 8.35. The van der Waals surface area contributed by atoms with Crippen LogP contribution in [0.5, 0.6) is 11.5 Å². The number of amides is 1. The summed E-state index contributed by atoms with van der Waals surface area (Å²) in [7, 11) is 1.80. The van der Waals surface area contributed by atoms with Gasteiger partial charge in [-0.05, 0) is 37.4 Å². The van der Waals surface area contributed by atoms with Gasteiger partial charge in [-0.2, -0.15) is 18.3 Å². The van der Waals surface area contributed by atoms with Crippen LogP contribution in [0.4, 0.5) is 37.7 Å². The highest BCUT2D eigenvalue weighted by Crippen LogP contribution is 2.48. The minimum absolute atomic E-state index is 0.102. The summed E-state index contributed by atoms with van der Waals surface area (Å²) >= 11 is 0. The zero-order valence-corrected chi connectivity index (χ0v) is 20.8. The van der Waals surface area contributed by atoms with Crippen molar-refractivity contribution in [2.45, 2.75) is 25.2 Å². The highest BCUT2D eigenvalue weighted by Gasteiger charge is 2.42. The lowest BCUT2D eigenvalue weighted by atomic mass is 10.0. The molecule has 2 aromatic carbocycles. The second-order valence-electron chi connectivity index (χ2n) is 8.95. The fourth-order valence-corrected chi connectivity index (χ4v) is 4.32. The van der Waals surface area contributed by atoms with Gasteiger partial charge in [0, 0.05) is 38.4 Å². The van der Waals surface area contributed by atoms with E-state index in [4.69, 9.17) is 10.5 Å². The number of carbonyl (C=O) groups is 1. The van der Waals surface area contributed by atoms with E-state index in [0.29, 0.717) is 6.54 Å². The van der Waals surface area contributed by atoms with Crippen LogP contribution in [0.25, 0.3) is 0 Å². The Morgan fingerprint density at radius 3 is 2.56 bits per heavy atom. The summed E-state index contributed by atoms with van der Waals surface area (Å²) in [5.74, 6) is -2.82. The van der Waals surface area contributed by atoms with E-state index < -0.39 is 47.9 Å². The molecule has 0 saturated carbocycles. The second kappa shape index (κ2) is 11.5. The van der Waals surface area contributed by atoms with Gasteiger partial charge in [-0.25, -0.2) is 13.2 Å². The van der Waals surface area contributed by atoms with E-state index >= 15 is 0 Å². The maximum atomic E-state index is 14.7. The van der Waals surface area contributed by atoms with Gasteiger partial charge in [0.1, 0.15) is 17.9 Å². The van der Waals surface area contributed by atoms with E-state index in [1.54, 1.807) is 7.05 Å². The molecule has 0 bridgehead atoms. The number of nitrogens with zero attached hydrogens (tertiary/aromatic N) is 4. The number of piperazine rings is 1. The fourth-order valence-electron chi connectivity index (χ4n) is 4.32. The number of ether oxygens (including phenoxy) is 1. The summed E-state index contributed by atoms with van der Waals surface area (Å²) in [4.78, 5) is 16.3. The first kappa shape index (κ1) is 28.2. The van der Waals surface area contributed by atoms with Gasteiger partial charge in [-0.15, -0.1) is 0 Å². The predicted molar refractivity (Wildman–Crippen MR) is 132 cm³/mol. The van der Waals surface area contributed by atoms with E-state index in [9.17, 15) is 31.1 Å². The first-order valence-electron chi connectivity index (χ1n) is 11.9. The summed E-state index contributed by atoms with van der Waals surface area (Å²) in [6.07, 6.45) is -6.52. The van der Waals surface area contributed by atoms with Gasteiger partial charge in [0.25, 0.3) is 12.3 Å². The number of nitrogens with one attached hydrogen (secondary N) is 1. The fraction of sp³-hybridized carbons (Fsp3) is 0.360. The monoisotopic (exact) mass is 556 g/mol. The van der Waals surface area contributed by atoms with Crippen molar-refractivity contribution in [3.05, 3.63) is 65.7 Å². The first-order valence-corrected chi connectivity index (χ1v) is 11.9. The molecule has 1 saturated heterocycles. The second-order valence-corrected chi connectivity index (χ2v) is 8.95. The molecule has 0 radical (unpaired) electrons. The van der Waals surface area contributed by atoms with Crippen LogP contribution in [0.3, 0.4) is 0 Å². The van der Waals surface area contributed by atoms with Crippen molar-refractivity contribution >= 4 is 17.3 Å². The van der Waals surface area contributed by atoms with Crippen molar-refractivity contribution in [2.75, 3.05) is 43.4 Å². The Bertz CT molecular complexity index is 1310. The van der Waals surface area contributed by atoms with Crippen LogP contribution in [0.2, 0.25) is 0 Å². The molecule has 4 rings (SSSR count). The standard InChI is InChI=1S/C25H26F6N6O2/c1-35-10-11-36(13-15(35)12-32)23-17(33-24(38)18-8-9-37(34-18)14-21(27)28)6-7-20(22(23)25(29,30)31)39-19-5-3-2-4-16(19)26/h2-9,15,21H,10-14,32H2,1H3,(H,33,38)/t15-/m1/s1. The third-order valence-electron chi connectivity index (χ3n) is 6.29. The van der Waals surface area contributed by atoms with Gasteiger partial charge in [-0.3, -0.25) is 14.4 Å². The molecule has 3 aromatic rings. The van der Waals surface area contributed by atoms with E-state index in [1.807, 2.05) is 4.90 Å². The quantitative estimate of drug-likeness (QED) is 0.400. The predicted octanol–water partition coefficient (Wildman–Crippen LogP) is 4.43. The Balaban J connectivity index is 1.79. The molecule has 2 heterocycles. The molecule has 1 fully saturated rings. The summed E-state index contributed by atoms with van der Waals surface area (Å²) in [6.45, 7) is 0.0584. The molecule has 1 aromatic heterocycles. The van der Waals surface area contributed by atoms with Gasteiger partial charge in [-0.1, -0.05) is 12.1 Å². The lowest BCUT2D eigenvalue weighted by Gasteiger charge is -2.41. The molecule has 39 heavy (non-hydrogen) atoms. The van der Waals surface area contributed by atoms with Crippen LogP contribution in [0.15, 0.2) is 48.7 Å². The lowest BCUT2D eigenvalue weighted by Crippen LogP contribution is -2.54. The summed E-state index contributed by atoms with van der Waals surface area (Å²) in [6, 6.07) is 8.13. The van der Waals surface area contributed by atoms with Crippen molar-refractivity contribution in [1.29, 1.82) is 0 Å². The third-order valence-corrected chi connectivity index (χ3v) is 6.29. The number of rotatable bonds is 8. The van der Waals surface area contributed by atoms with Gasteiger partial charge >= 0.3 is 6.18 Å². The molecular formula is C25H26F6N6O2. The molecule has 3 N–H and O–H groups in total. The number of para-hydroxylation sites is 1. The van der Waals surface area contributed by atoms with Crippen LogP contribution < -0.4 is 20.7 Å². The molecule has 1 aliphatic heterocycles. The number of likely N-dealkylation sites (N-methyl/N-ethyl adjacent to an activating group) is 1. The normalized spacial score (nSPS) is 16.5. The molecule has 0 unspecified atom stereocenters. The molecule has 14 heteroatoms. The van der Waals surface area contributed by atoms with Gasteiger partial charge < -0.3 is 20.7 Å². The zero-order valence-electron chi connectivity index (χ0n) is 20.8. The van der Waals surface area contributed by atoms with Crippen LogP contribution in [-0.4, -0.2) is 66.3 Å². The van der Waals surface area contributed by atoms with Gasteiger partial charge in [0.15, 0.2) is 17.3 Å². The molecule has 1 atom stereocenters. The number of nitrogens with two attached hydrogens (primary N) is 1. The summed E-state index contributed by atoms with van der Waals surface area (Å²) < 4.78 is 89.8. The van der Waals surface area contributed by atoms with Crippen LogP contribution in [0.1, 0.15) is 16.1 Å². The molecule has 0 spiro atoms. The number of aromatic nitrogens is 2. The number of alkyl halides is 5. The van der Waals surface area contributed by atoms with Crippen LogP contribution in [0, 0.1) is 5.82 Å². The van der Waals surface area contributed by atoms with Crippen molar-refractivity contribution < 1.29 is 35.9 Å². The third kappa shape index (κ3) is 6.45. The summed E-state index contributed by atoms with van der Waals surface area (Å²) in [5.41, 5.74) is 3.77. The topological polar surface area (TPSA) is 88.6 Å². The van der Waals surface area contributed by atoms with Crippen molar-refractivity contribution in [2.24, 2.45) is 5.73 Å². The Labute approximate surface area is 219 Å². The maximum absolute atomic E-state index is 14.7. The van der Waals surface area contributed by atoms with E-state index in [2.05, 4.69) is 10.4 Å². The lowest BCUT2D eigenvalue weighted by molar-refractivity contribution is -0.138. The molecule has 8 nitrogen and oxygen atoms in total.